The summed E-state index contributed by atoms with van der Waals surface area (Å²) in [6.45, 7) is 0. The van der Waals surface area contributed by atoms with Gasteiger partial charge in [-0.3, -0.25) is 9.69 Å². The topological polar surface area (TPSA) is 59.1 Å². The Hall–Kier alpha value is -4.58. The van der Waals surface area contributed by atoms with Crippen molar-refractivity contribution < 1.29 is 19.1 Å². The lowest BCUT2D eigenvalue weighted by atomic mass is 9.84. The van der Waals surface area contributed by atoms with Gasteiger partial charge in [-0.25, -0.2) is 4.79 Å². The molecular formula is C31H26N2O4. The highest BCUT2D eigenvalue weighted by atomic mass is 16.6. The Morgan fingerprint density at radius 3 is 1.68 bits per heavy atom. The molecule has 37 heavy (non-hydrogen) atoms. The molecule has 0 aromatic heterocycles. The van der Waals surface area contributed by atoms with E-state index in [9.17, 15) is 9.59 Å². The molecule has 0 aliphatic carbocycles. The number of benzene rings is 4. The van der Waals surface area contributed by atoms with Gasteiger partial charge < -0.3 is 14.4 Å². The number of rotatable bonds is 6. The lowest BCUT2D eigenvalue weighted by Gasteiger charge is -2.51. The van der Waals surface area contributed by atoms with Crippen molar-refractivity contribution in [2.45, 2.75) is 24.2 Å². The number of amides is 2. The molecule has 184 valence electrons. The van der Waals surface area contributed by atoms with E-state index < -0.39 is 24.3 Å². The zero-order valence-corrected chi connectivity index (χ0v) is 20.3. The van der Waals surface area contributed by atoms with Crippen molar-refractivity contribution in [2.75, 3.05) is 12.0 Å². The van der Waals surface area contributed by atoms with Gasteiger partial charge in [0.1, 0.15) is 17.8 Å². The highest BCUT2D eigenvalue weighted by Gasteiger charge is 2.59. The van der Waals surface area contributed by atoms with Gasteiger partial charge in [0.2, 0.25) is 0 Å². The third-order valence-corrected chi connectivity index (χ3v) is 7.15. The Balaban J connectivity index is 1.44. The van der Waals surface area contributed by atoms with Gasteiger partial charge in [-0.2, -0.15) is 0 Å². The largest absolute Gasteiger partial charge is 0.497 e. The third-order valence-electron chi connectivity index (χ3n) is 7.15. The van der Waals surface area contributed by atoms with Crippen LogP contribution in [0.4, 0.5) is 10.5 Å². The molecule has 4 aromatic carbocycles. The molecule has 0 N–H and O–H groups in total. The summed E-state index contributed by atoms with van der Waals surface area (Å²) in [5.41, 5.74) is 3.51. The third kappa shape index (κ3) is 3.91. The summed E-state index contributed by atoms with van der Waals surface area (Å²) in [5, 5.41) is 0. The molecule has 2 fully saturated rings. The molecule has 0 saturated carbocycles. The van der Waals surface area contributed by atoms with Gasteiger partial charge in [-0.1, -0.05) is 91.0 Å². The lowest BCUT2D eigenvalue weighted by Crippen LogP contribution is -2.66. The quantitative estimate of drug-likeness (QED) is 0.307. The number of hydrogen-bond acceptors (Lipinski definition) is 4. The fraction of sp³-hybridized carbons (Fsp3) is 0.161. The molecular weight excluding hydrogens is 464 g/mol. The molecule has 0 bridgehead atoms. The highest BCUT2D eigenvalue weighted by molar-refractivity contribution is 6.07. The van der Waals surface area contributed by atoms with Crippen molar-refractivity contribution in [3.63, 3.8) is 0 Å². The molecule has 4 aromatic rings. The first-order valence-corrected chi connectivity index (χ1v) is 12.3. The van der Waals surface area contributed by atoms with Crippen molar-refractivity contribution in [1.29, 1.82) is 0 Å². The zero-order chi connectivity index (χ0) is 25.4. The van der Waals surface area contributed by atoms with E-state index in [0.717, 1.165) is 22.4 Å². The van der Waals surface area contributed by atoms with Crippen LogP contribution in [0.15, 0.2) is 115 Å². The Bertz CT molecular complexity index is 1390. The molecule has 6 heteroatoms. The SMILES string of the molecule is COc1ccc(N2C(=O)[C@H](N3C(=O)O[C@@H](c4ccccc4)[C@H]3c3ccccc3)[C@@H]2c2ccccc2)cc1. The summed E-state index contributed by atoms with van der Waals surface area (Å²) in [4.78, 5) is 30.8. The number of carbonyl (C=O) groups is 2. The van der Waals surface area contributed by atoms with Crippen LogP contribution < -0.4 is 9.64 Å². The van der Waals surface area contributed by atoms with Gasteiger partial charge in [0.15, 0.2) is 6.10 Å². The van der Waals surface area contributed by atoms with Gasteiger partial charge in [0.05, 0.1) is 13.2 Å². The van der Waals surface area contributed by atoms with Crippen LogP contribution in [0.5, 0.6) is 5.75 Å². The number of hydrogen-bond donors (Lipinski definition) is 0. The second-order valence-corrected chi connectivity index (χ2v) is 9.18. The minimum atomic E-state index is -0.712. The predicted octanol–water partition coefficient (Wildman–Crippen LogP) is 6.09. The number of anilines is 1. The zero-order valence-electron chi connectivity index (χ0n) is 20.3. The number of β-lactam (4-membered cyclic amide) rings is 1. The first-order valence-electron chi connectivity index (χ1n) is 12.3. The average Bonchev–Trinajstić information content (AvgIpc) is 3.29. The maximum absolute atomic E-state index is 13.9. The van der Waals surface area contributed by atoms with Crippen LogP contribution in [0, 0.1) is 0 Å². The molecule has 0 unspecified atom stereocenters. The van der Waals surface area contributed by atoms with Gasteiger partial charge >= 0.3 is 6.09 Å². The Kier molecular flexibility index (Phi) is 5.85. The van der Waals surface area contributed by atoms with Gasteiger partial charge in [-0.15, -0.1) is 0 Å². The molecule has 0 spiro atoms. The van der Waals surface area contributed by atoms with E-state index in [1.165, 1.54) is 0 Å². The second kappa shape index (κ2) is 9.47. The van der Waals surface area contributed by atoms with E-state index in [-0.39, 0.29) is 11.9 Å². The standard InChI is InChI=1S/C31H26N2O4/c1-36-25-19-17-24(18-20-25)32-26(21-11-5-2-6-12-21)28(30(32)34)33-27(22-13-7-3-8-14-22)29(37-31(33)35)23-15-9-4-10-16-23/h2-20,26-29H,1H3/t26-,27+,28+,29-/m0/s1. The average molecular weight is 491 g/mol. The molecule has 2 amide bonds. The highest BCUT2D eigenvalue weighted by Crippen LogP contribution is 2.51. The van der Waals surface area contributed by atoms with E-state index in [1.54, 1.807) is 16.9 Å². The van der Waals surface area contributed by atoms with Crippen LogP contribution in [-0.2, 0) is 9.53 Å². The van der Waals surface area contributed by atoms with Crippen molar-refractivity contribution in [3.05, 3.63) is 132 Å². The lowest BCUT2D eigenvalue weighted by molar-refractivity contribution is -0.131. The number of nitrogens with zero attached hydrogens (tertiary/aromatic N) is 2. The molecule has 2 saturated heterocycles. The van der Waals surface area contributed by atoms with Crippen molar-refractivity contribution in [1.82, 2.24) is 4.90 Å². The van der Waals surface area contributed by atoms with Crippen molar-refractivity contribution in [2.24, 2.45) is 0 Å². The maximum Gasteiger partial charge on any atom is 0.411 e. The Labute approximate surface area is 215 Å². The maximum atomic E-state index is 13.9. The van der Waals surface area contributed by atoms with Gasteiger partial charge in [0, 0.05) is 5.69 Å². The minimum absolute atomic E-state index is 0.148. The predicted molar refractivity (Wildman–Crippen MR) is 140 cm³/mol. The number of ether oxygens (including phenoxy) is 2. The van der Waals surface area contributed by atoms with Crippen molar-refractivity contribution >= 4 is 17.7 Å². The van der Waals surface area contributed by atoms with Gasteiger partial charge in [-0.05, 0) is 41.0 Å². The van der Waals surface area contributed by atoms with E-state index in [0.29, 0.717) is 5.75 Å². The van der Waals surface area contributed by atoms with E-state index in [4.69, 9.17) is 9.47 Å². The minimum Gasteiger partial charge on any atom is -0.497 e. The number of methoxy groups -OCH3 is 1. The van der Waals surface area contributed by atoms with Crippen LogP contribution in [-0.4, -0.2) is 30.1 Å². The molecule has 4 atom stereocenters. The second-order valence-electron chi connectivity index (χ2n) is 9.18. The first-order chi connectivity index (χ1) is 18.2. The number of cyclic esters (lactones) is 1. The molecule has 2 aliphatic rings. The molecule has 0 radical (unpaired) electrons. The number of carbonyl (C=O) groups excluding carboxylic acids is 2. The summed E-state index contributed by atoms with van der Waals surface area (Å²) >= 11 is 0. The molecule has 2 aliphatic heterocycles. The van der Waals surface area contributed by atoms with Crippen LogP contribution in [0.3, 0.4) is 0 Å². The fourth-order valence-corrected chi connectivity index (χ4v) is 5.42. The Morgan fingerprint density at radius 2 is 1.14 bits per heavy atom. The molecule has 6 nitrogen and oxygen atoms in total. The summed E-state index contributed by atoms with van der Waals surface area (Å²) < 4.78 is 11.3. The summed E-state index contributed by atoms with van der Waals surface area (Å²) in [5.74, 6) is 0.563. The van der Waals surface area contributed by atoms with Crippen LogP contribution >= 0.6 is 0 Å². The summed E-state index contributed by atoms with van der Waals surface area (Å²) in [7, 11) is 1.61. The smallest absolute Gasteiger partial charge is 0.411 e. The molecule has 6 rings (SSSR count). The monoisotopic (exact) mass is 490 g/mol. The van der Waals surface area contributed by atoms with Crippen LogP contribution in [0.2, 0.25) is 0 Å². The normalized spacial score (nSPS) is 22.9. The van der Waals surface area contributed by atoms with E-state index in [2.05, 4.69) is 0 Å². The summed E-state index contributed by atoms with van der Waals surface area (Å²) in [6, 6.07) is 35.2. The van der Waals surface area contributed by atoms with Gasteiger partial charge in [0.25, 0.3) is 5.91 Å². The fourth-order valence-electron chi connectivity index (χ4n) is 5.42. The molecule has 2 heterocycles. The van der Waals surface area contributed by atoms with E-state index in [1.807, 2.05) is 115 Å². The van der Waals surface area contributed by atoms with Crippen molar-refractivity contribution in [3.8, 4) is 5.75 Å². The Morgan fingerprint density at radius 1 is 0.622 bits per heavy atom. The summed E-state index contributed by atoms with van der Waals surface area (Å²) in [6.07, 6.45) is -1.02. The van der Waals surface area contributed by atoms with Crippen LogP contribution in [0.25, 0.3) is 0 Å². The van der Waals surface area contributed by atoms with Crippen LogP contribution in [0.1, 0.15) is 34.9 Å². The first kappa shape index (κ1) is 22.9. The van der Waals surface area contributed by atoms with E-state index >= 15 is 0 Å².